The molecule has 1 saturated carbocycles. The quantitative estimate of drug-likeness (QED) is 0.843. The van der Waals surface area contributed by atoms with Crippen LogP contribution < -0.4 is 5.73 Å². The Morgan fingerprint density at radius 3 is 2.59 bits per heavy atom. The molecule has 0 radical (unpaired) electrons. The number of aromatic nitrogens is 2. The fraction of sp³-hybridized carbons (Fsp3) is 0.786. The summed E-state index contributed by atoms with van der Waals surface area (Å²) in [5, 5.41) is 0. The van der Waals surface area contributed by atoms with E-state index >= 15 is 0 Å². The first-order valence-electron chi connectivity index (χ1n) is 6.77. The van der Waals surface area contributed by atoms with Crippen molar-refractivity contribution in [1.82, 2.24) is 9.97 Å². The molecule has 0 amide bonds. The van der Waals surface area contributed by atoms with E-state index in [-0.39, 0.29) is 5.41 Å². The van der Waals surface area contributed by atoms with Crippen molar-refractivity contribution in [2.24, 2.45) is 11.1 Å². The monoisotopic (exact) mass is 235 g/mol. The Bertz CT molecular complexity index is 373. The highest BCUT2D eigenvalue weighted by molar-refractivity contribution is 5.19. The number of H-pyrrole nitrogens is 1. The van der Waals surface area contributed by atoms with Crippen molar-refractivity contribution in [2.75, 3.05) is 6.54 Å². The third-order valence-corrected chi connectivity index (χ3v) is 3.91. The SMILES string of the molecule is Cc1[nH]c(CC(C)(C)CN)nc1C1CCCC1. The summed E-state index contributed by atoms with van der Waals surface area (Å²) in [4.78, 5) is 8.26. The molecule has 0 bridgehead atoms. The number of hydrogen-bond donors (Lipinski definition) is 2. The van der Waals surface area contributed by atoms with Crippen LogP contribution in [0.25, 0.3) is 0 Å². The fourth-order valence-corrected chi connectivity index (χ4v) is 2.74. The molecule has 17 heavy (non-hydrogen) atoms. The minimum Gasteiger partial charge on any atom is -0.346 e. The summed E-state index contributed by atoms with van der Waals surface area (Å²) in [5.41, 5.74) is 8.49. The Morgan fingerprint density at radius 1 is 1.35 bits per heavy atom. The van der Waals surface area contributed by atoms with E-state index in [0.717, 1.165) is 12.2 Å². The van der Waals surface area contributed by atoms with Crippen molar-refractivity contribution in [3.05, 3.63) is 17.2 Å². The maximum Gasteiger partial charge on any atom is 0.107 e. The Balaban J connectivity index is 2.12. The van der Waals surface area contributed by atoms with Gasteiger partial charge >= 0.3 is 0 Å². The van der Waals surface area contributed by atoms with Gasteiger partial charge in [-0.3, -0.25) is 0 Å². The molecule has 96 valence electrons. The van der Waals surface area contributed by atoms with E-state index in [2.05, 4.69) is 25.8 Å². The van der Waals surface area contributed by atoms with Crippen molar-refractivity contribution in [1.29, 1.82) is 0 Å². The predicted octanol–water partition coefficient (Wildman–Crippen LogP) is 2.90. The Kier molecular flexibility index (Phi) is 3.57. The molecule has 1 fully saturated rings. The molecule has 3 nitrogen and oxygen atoms in total. The highest BCUT2D eigenvalue weighted by atomic mass is 14.9. The van der Waals surface area contributed by atoms with Crippen LogP contribution in [-0.2, 0) is 6.42 Å². The van der Waals surface area contributed by atoms with Gasteiger partial charge in [0.05, 0.1) is 5.69 Å². The van der Waals surface area contributed by atoms with Crippen molar-refractivity contribution >= 4 is 0 Å². The first-order valence-corrected chi connectivity index (χ1v) is 6.77. The van der Waals surface area contributed by atoms with Gasteiger partial charge in [0.15, 0.2) is 0 Å². The van der Waals surface area contributed by atoms with Crippen LogP contribution in [0.3, 0.4) is 0 Å². The molecule has 1 aliphatic carbocycles. The molecule has 0 saturated heterocycles. The van der Waals surface area contributed by atoms with E-state index in [1.165, 1.54) is 37.1 Å². The summed E-state index contributed by atoms with van der Waals surface area (Å²) in [5.74, 6) is 1.81. The molecule has 0 spiro atoms. The number of rotatable bonds is 4. The summed E-state index contributed by atoms with van der Waals surface area (Å²) in [6.45, 7) is 7.24. The molecule has 2 rings (SSSR count). The minimum absolute atomic E-state index is 0.136. The van der Waals surface area contributed by atoms with E-state index in [9.17, 15) is 0 Å². The van der Waals surface area contributed by atoms with Crippen LogP contribution in [0, 0.1) is 12.3 Å². The van der Waals surface area contributed by atoms with Crippen LogP contribution >= 0.6 is 0 Å². The number of nitrogens with one attached hydrogen (secondary N) is 1. The van der Waals surface area contributed by atoms with Gasteiger partial charge in [0.25, 0.3) is 0 Å². The summed E-state index contributed by atoms with van der Waals surface area (Å²) in [6, 6.07) is 0. The summed E-state index contributed by atoms with van der Waals surface area (Å²) < 4.78 is 0. The van der Waals surface area contributed by atoms with Gasteiger partial charge in [-0.25, -0.2) is 4.98 Å². The van der Waals surface area contributed by atoms with Crippen molar-refractivity contribution < 1.29 is 0 Å². The van der Waals surface area contributed by atoms with Gasteiger partial charge in [-0.1, -0.05) is 26.7 Å². The average Bonchev–Trinajstić information content (AvgIpc) is 2.87. The molecule has 0 aliphatic heterocycles. The lowest BCUT2D eigenvalue weighted by Gasteiger charge is -2.20. The highest BCUT2D eigenvalue weighted by Gasteiger charge is 2.24. The van der Waals surface area contributed by atoms with Gasteiger partial charge in [0.2, 0.25) is 0 Å². The van der Waals surface area contributed by atoms with Crippen molar-refractivity contribution in [3.63, 3.8) is 0 Å². The van der Waals surface area contributed by atoms with Crippen LogP contribution in [0.1, 0.15) is 62.7 Å². The molecule has 1 aliphatic rings. The molecule has 0 aromatic carbocycles. The topological polar surface area (TPSA) is 54.7 Å². The number of imidazole rings is 1. The Hall–Kier alpha value is -0.830. The molecule has 3 N–H and O–H groups in total. The van der Waals surface area contributed by atoms with Crippen molar-refractivity contribution in [3.8, 4) is 0 Å². The van der Waals surface area contributed by atoms with E-state index < -0.39 is 0 Å². The van der Waals surface area contributed by atoms with E-state index in [1.807, 2.05) is 0 Å². The number of nitrogens with two attached hydrogens (primary N) is 1. The predicted molar refractivity (Wildman–Crippen MR) is 71.1 cm³/mol. The lowest BCUT2D eigenvalue weighted by atomic mass is 9.89. The molecule has 0 unspecified atom stereocenters. The summed E-state index contributed by atoms with van der Waals surface area (Å²) in [6.07, 6.45) is 6.29. The van der Waals surface area contributed by atoms with Crippen LogP contribution in [0.15, 0.2) is 0 Å². The number of aryl methyl sites for hydroxylation is 1. The molecule has 1 aromatic heterocycles. The van der Waals surface area contributed by atoms with Gasteiger partial charge < -0.3 is 10.7 Å². The average molecular weight is 235 g/mol. The third-order valence-electron chi connectivity index (χ3n) is 3.91. The van der Waals surface area contributed by atoms with E-state index in [1.54, 1.807) is 0 Å². The molecule has 1 aromatic rings. The maximum atomic E-state index is 5.78. The fourth-order valence-electron chi connectivity index (χ4n) is 2.74. The molecule has 1 heterocycles. The third kappa shape index (κ3) is 2.89. The lowest BCUT2D eigenvalue weighted by Crippen LogP contribution is -2.26. The zero-order valence-corrected chi connectivity index (χ0v) is 11.3. The molecular weight excluding hydrogens is 210 g/mol. The first-order chi connectivity index (χ1) is 8.02. The largest absolute Gasteiger partial charge is 0.346 e. The number of hydrogen-bond acceptors (Lipinski definition) is 2. The molecule has 0 atom stereocenters. The zero-order valence-electron chi connectivity index (χ0n) is 11.3. The number of nitrogens with zero attached hydrogens (tertiary/aromatic N) is 1. The van der Waals surface area contributed by atoms with Gasteiger partial charge in [-0.05, 0) is 31.7 Å². The maximum absolute atomic E-state index is 5.78. The second-order valence-electron chi connectivity index (χ2n) is 6.22. The standard InChI is InChI=1S/C14H25N3/c1-10-13(11-6-4-5-7-11)17-12(16-10)8-14(2,3)9-15/h11H,4-9,15H2,1-3H3,(H,16,17). The Labute approximate surface area is 104 Å². The van der Waals surface area contributed by atoms with E-state index in [4.69, 9.17) is 10.7 Å². The second-order valence-corrected chi connectivity index (χ2v) is 6.22. The summed E-state index contributed by atoms with van der Waals surface area (Å²) >= 11 is 0. The van der Waals surface area contributed by atoms with Crippen LogP contribution in [0.2, 0.25) is 0 Å². The van der Waals surface area contributed by atoms with Crippen LogP contribution in [0.4, 0.5) is 0 Å². The smallest absolute Gasteiger partial charge is 0.107 e. The first kappa shape index (κ1) is 12.6. The normalized spacial score (nSPS) is 17.9. The second kappa shape index (κ2) is 4.81. The lowest BCUT2D eigenvalue weighted by molar-refractivity contribution is 0.368. The number of aromatic amines is 1. The molecular formula is C14H25N3. The Morgan fingerprint density at radius 2 is 2.00 bits per heavy atom. The van der Waals surface area contributed by atoms with Gasteiger partial charge in [-0.15, -0.1) is 0 Å². The highest BCUT2D eigenvalue weighted by Crippen LogP contribution is 2.35. The van der Waals surface area contributed by atoms with Gasteiger partial charge in [0, 0.05) is 18.0 Å². The zero-order chi connectivity index (χ0) is 12.5. The van der Waals surface area contributed by atoms with Crippen LogP contribution in [0.5, 0.6) is 0 Å². The van der Waals surface area contributed by atoms with Crippen LogP contribution in [-0.4, -0.2) is 16.5 Å². The van der Waals surface area contributed by atoms with Crippen molar-refractivity contribution in [2.45, 2.75) is 58.8 Å². The van der Waals surface area contributed by atoms with Gasteiger partial charge in [-0.2, -0.15) is 0 Å². The molecule has 3 heteroatoms. The summed E-state index contributed by atoms with van der Waals surface area (Å²) in [7, 11) is 0. The van der Waals surface area contributed by atoms with E-state index in [0.29, 0.717) is 12.5 Å². The minimum atomic E-state index is 0.136. The van der Waals surface area contributed by atoms with Gasteiger partial charge in [0.1, 0.15) is 5.82 Å².